The number of rotatable bonds is 6. The second-order valence-electron chi connectivity index (χ2n) is 11.7. The Morgan fingerprint density at radius 2 is 1.62 bits per heavy atom. The molecule has 1 aromatic carbocycles. The van der Waals surface area contributed by atoms with Crippen LogP contribution >= 0.6 is 0 Å². The molecular weight excluding hydrogens is 531 g/mol. The van der Waals surface area contributed by atoms with Gasteiger partial charge in [0, 0.05) is 60.9 Å². The van der Waals surface area contributed by atoms with E-state index in [9.17, 15) is 21.6 Å². The first-order valence-corrected chi connectivity index (χ1v) is 14.8. The van der Waals surface area contributed by atoms with Gasteiger partial charge >= 0.3 is 6.18 Å². The molecule has 2 N–H and O–H groups in total. The summed E-state index contributed by atoms with van der Waals surface area (Å²) in [4.78, 5) is 12.7. The van der Waals surface area contributed by atoms with Gasteiger partial charge < -0.3 is 15.5 Å². The molecular formula is C26H38F3N7O2S. The van der Waals surface area contributed by atoms with Crippen LogP contribution < -0.4 is 15.5 Å². The quantitative estimate of drug-likeness (QED) is 0.530. The molecule has 39 heavy (non-hydrogen) atoms. The van der Waals surface area contributed by atoms with Crippen molar-refractivity contribution >= 4 is 33.2 Å². The zero-order valence-electron chi connectivity index (χ0n) is 23.3. The zero-order chi connectivity index (χ0) is 28.8. The predicted octanol–water partition coefficient (Wildman–Crippen LogP) is 4.38. The van der Waals surface area contributed by atoms with Crippen molar-refractivity contribution in [3.05, 3.63) is 36.0 Å². The fourth-order valence-electron chi connectivity index (χ4n) is 5.69. The Balaban J connectivity index is 1.50. The highest BCUT2D eigenvalue weighted by Crippen LogP contribution is 2.40. The minimum atomic E-state index is -4.60. The lowest BCUT2D eigenvalue weighted by molar-refractivity contribution is -0.137. The van der Waals surface area contributed by atoms with Crippen LogP contribution in [0.2, 0.25) is 0 Å². The van der Waals surface area contributed by atoms with Gasteiger partial charge in [-0.25, -0.2) is 13.4 Å². The second kappa shape index (κ2) is 10.4. The van der Waals surface area contributed by atoms with E-state index in [4.69, 9.17) is 0 Å². The molecule has 4 rings (SSSR count). The monoisotopic (exact) mass is 569 g/mol. The standard InChI is InChI=1S/C26H38F3N7O2S/c1-24(2)16-19(17-25(3,4)34(24)5)31-22-9-10-30-23(33-22)32-18-7-8-21(20(15-18)26(27,28)29)35-11-13-36(14-12-35)39(6,37)38/h7-10,15,19H,11-14,16-17H2,1-6H3,(H2,30,31,32,33). The van der Waals surface area contributed by atoms with E-state index in [2.05, 4.69) is 60.2 Å². The average Bonchev–Trinajstić information content (AvgIpc) is 2.81. The van der Waals surface area contributed by atoms with Crippen LogP contribution in [0.1, 0.15) is 46.1 Å². The second-order valence-corrected chi connectivity index (χ2v) is 13.7. The Hall–Kier alpha value is -2.64. The van der Waals surface area contributed by atoms with Gasteiger partial charge in [0.2, 0.25) is 16.0 Å². The molecule has 9 nitrogen and oxygen atoms in total. The van der Waals surface area contributed by atoms with Gasteiger partial charge in [-0.1, -0.05) is 0 Å². The van der Waals surface area contributed by atoms with Crippen LogP contribution in [-0.4, -0.2) is 84.2 Å². The average molecular weight is 570 g/mol. The van der Waals surface area contributed by atoms with E-state index >= 15 is 0 Å². The third-order valence-corrected chi connectivity index (χ3v) is 9.23. The molecule has 2 fully saturated rings. The number of anilines is 4. The van der Waals surface area contributed by atoms with E-state index in [1.54, 1.807) is 23.2 Å². The van der Waals surface area contributed by atoms with Gasteiger partial charge in [0.05, 0.1) is 11.8 Å². The van der Waals surface area contributed by atoms with Crippen LogP contribution in [0.3, 0.4) is 0 Å². The molecule has 0 radical (unpaired) electrons. The van der Waals surface area contributed by atoms with E-state index in [0.29, 0.717) is 5.82 Å². The number of aromatic nitrogens is 2. The highest BCUT2D eigenvalue weighted by atomic mass is 32.2. The lowest BCUT2D eigenvalue weighted by Gasteiger charge is -2.53. The largest absolute Gasteiger partial charge is 0.418 e. The maximum Gasteiger partial charge on any atom is 0.418 e. The summed E-state index contributed by atoms with van der Waals surface area (Å²) in [5.41, 5.74) is -0.600. The number of sulfonamides is 1. The van der Waals surface area contributed by atoms with Gasteiger partial charge in [-0.05, 0) is 71.8 Å². The Kier molecular flexibility index (Phi) is 7.82. The van der Waals surface area contributed by atoms with E-state index in [-0.39, 0.29) is 60.6 Å². The lowest BCUT2D eigenvalue weighted by Crippen LogP contribution is -2.61. The molecule has 3 heterocycles. The summed E-state index contributed by atoms with van der Waals surface area (Å²) in [6, 6.07) is 5.94. The fourth-order valence-corrected chi connectivity index (χ4v) is 6.51. The topological polar surface area (TPSA) is 93.7 Å². The van der Waals surface area contributed by atoms with E-state index < -0.39 is 21.8 Å². The zero-order valence-corrected chi connectivity index (χ0v) is 24.1. The van der Waals surface area contributed by atoms with Crippen LogP contribution in [0.25, 0.3) is 0 Å². The summed E-state index contributed by atoms with van der Waals surface area (Å²) >= 11 is 0. The van der Waals surface area contributed by atoms with Crippen molar-refractivity contribution in [2.75, 3.05) is 55.0 Å². The molecule has 0 bridgehead atoms. The Bertz CT molecular complexity index is 1270. The number of alkyl halides is 3. The Morgan fingerprint density at radius 1 is 1.00 bits per heavy atom. The molecule has 13 heteroatoms. The summed E-state index contributed by atoms with van der Waals surface area (Å²) in [7, 11) is -1.25. The fraction of sp³-hybridized carbons (Fsp3) is 0.615. The number of piperidine rings is 1. The van der Waals surface area contributed by atoms with E-state index in [1.807, 2.05) is 0 Å². The number of likely N-dealkylation sites (tertiary alicyclic amines) is 1. The number of halogens is 3. The molecule has 0 saturated carbocycles. The predicted molar refractivity (Wildman–Crippen MR) is 148 cm³/mol. The first kappa shape index (κ1) is 29.3. The third kappa shape index (κ3) is 6.75. The summed E-state index contributed by atoms with van der Waals surface area (Å²) in [6.45, 7) is 9.46. The molecule has 0 spiro atoms. The number of nitrogens with one attached hydrogen (secondary N) is 2. The summed E-state index contributed by atoms with van der Waals surface area (Å²) in [5, 5.41) is 6.40. The molecule has 0 aliphatic carbocycles. The number of piperazine rings is 1. The van der Waals surface area contributed by atoms with Crippen molar-refractivity contribution in [3.8, 4) is 0 Å². The van der Waals surface area contributed by atoms with Crippen molar-refractivity contribution in [3.63, 3.8) is 0 Å². The number of hydrogen-bond donors (Lipinski definition) is 2. The van der Waals surface area contributed by atoms with Crippen LogP contribution in [0.4, 0.5) is 36.3 Å². The van der Waals surface area contributed by atoms with Crippen LogP contribution in [0.15, 0.2) is 30.5 Å². The maximum atomic E-state index is 14.1. The Labute approximate surface area is 228 Å². The molecule has 216 valence electrons. The first-order chi connectivity index (χ1) is 18.0. The van der Waals surface area contributed by atoms with Gasteiger partial charge in [-0.3, -0.25) is 4.90 Å². The van der Waals surface area contributed by atoms with Gasteiger partial charge in [-0.2, -0.15) is 22.5 Å². The molecule has 0 unspecified atom stereocenters. The van der Waals surface area contributed by atoms with Crippen molar-refractivity contribution < 1.29 is 21.6 Å². The minimum absolute atomic E-state index is 0.0132. The third-order valence-electron chi connectivity index (χ3n) is 7.92. The van der Waals surface area contributed by atoms with E-state index in [1.165, 1.54) is 10.4 Å². The number of benzene rings is 1. The smallest absolute Gasteiger partial charge is 0.368 e. The van der Waals surface area contributed by atoms with Gasteiger partial charge in [0.1, 0.15) is 5.82 Å². The van der Waals surface area contributed by atoms with Crippen molar-refractivity contribution in [1.82, 2.24) is 19.2 Å². The summed E-state index contributed by atoms with van der Waals surface area (Å²) in [6.07, 6.45) is -0.0997. The van der Waals surface area contributed by atoms with Crippen molar-refractivity contribution in [1.29, 1.82) is 0 Å². The normalized spacial score (nSPS) is 21.1. The van der Waals surface area contributed by atoms with Crippen LogP contribution in [0, 0.1) is 0 Å². The molecule has 2 aliphatic rings. The first-order valence-electron chi connectivity index (χ1n) is 13.0. The van der Waals surface area contributed by atoms with Gasteiger partial charge in [0.25, 0.3) is 0 Å². The van der Waals surface area contributed by atoms with Crippen LogP contribution in [-0.2, 0) is 16.2 Å². The SMILES string of the molecule is CN1C(C)(C)CC(Nc2ccnc(Nc3ccc(N4CCN(S(C)(=O)=O)CC4)c(C(F)(F)F)c3)n2)CC1(C)C. The van der Waals surface area contributed by atoms with Crippen LogP contribution in [0.5, 0.6) is 0 Å². The summed E-state index contributed by atoms with van der Waals surface area (Å²) < 4.78 is 67.0. The molecule has 2 aliphatic heterocycles. The highest BCUT2D eigenvalue weighted by molar-refractivity contribution is 7.88. The minimum Gasteiger partial charge on any atom is -0.368 e. The molecule has 0 atom stereocenters. The molecule has 1 aromatic heterocycles. The molecule has 2 saturated heterocycles. The number of nitrogens with zero attached hydrogens (tertiary/aromatic N) is 5. The molecule has 0 amide bonds. The van der Waals surface area contributed by atoms with Crippen molar-refractivity contribution in [2.24, 2.45) is 0 Å². The number of hydrogen-bond acceptors (Lipinski definition) is 8. The van der Waals surface area contributed by atoms with Gasteiger partial charge in [-0.15, -0.1) is 0 Å². The maximum absolute atomic E-state index is 14.1. The Morgan fingerprint density at radius 3 is 2.18 bits per heavy atom. The highest BCUT2D eigenvalue weighted by Gasteiger charge is 2.43. The van der Waals surface area contributed by atoms with E-state index in [0.717, 1.165) is 25.2 Å². The lowest BCUT2D eigenvalue weighted by atomic mass is 9.77. The van der Waals surface area contributed by atoms with Gasteiger partial charge in [0.15, 0.2) is 0 Å². The van der Waals surface area contributed by atoms with Crippen molar-refractivity contribution in [2.45, 2.75) is 63.8 Å². The summed E-state index contributed by atoms with van der Waals surface area (Å²) in [5.74, 6) is 0.791. The molecule has 2 aromatic rings.